The van der Waals surface area contributed by atoms with Crippen molar-refractivity contribution in [1.82, 2.24) is 4.90 Å². The Bertz CT molecular complexity index is 433. The molecule has 3 heteroatoms. The largest absolute Gasteiger partial charge is 0.387 e. The fraction of sp³-hybridized carbons (Fsp3) is 0.667. The number of aliphatic hydroxyl groups is 1. The quantitative estimate of drug-likeness (QED) is 0.818. The van der Waals surface area contributed by atoms with Crippen LogP contribution < -0.4 is 0 Å². The van der Waals surface area contributed by atoms with Crippen LogP contribution >= 0.6 is 0 Å². The standard InChI is InChI=1S/C18H29NO2/c1-14(2)13-19(11-12-21-3)17-10-6-8-15-7-4-5-9-16(15)18(17)20/h4-5,7,9,14,17-18,20H,6,8,10-13H2,1-3H3. The third-order valence-electron chi connectivity index (χ3n) is 4.34. The average Bonchev–Trinajstić information content (AvgIpc) is 2.63. The van der Waals surface area contributed by atoms with Gasteiger partial charge in [0, 0.05) is 26.2 Å². The van der Waals surface area contributed by atoms with Crippen molar-refractivity contribution < 1.29 is 9.84 Å². The summed E-state index contributed by atoms with van der Waals surface area (Å²) in [6.45, 7) is 7.08. The van der Waals surface area contributed by atoms with Gasteiger partial charge in [0.1, 0.15) is 0 Å². The lowest BCUT2D eigenvalue weighted by atomic mass is 9.97. The molecule has 2 atom stereocenters. The number of ether oxygens (including phenoxy) is 1. The topological polar surface area (TPSA) is 32.7 Å². The van der Waals surface area contributed by atoms with Crippen molar-refractivity contribution in [1.29, 1.82) is 0 Å². The van der Waals surface area contributed by atoms with Crippen LogP contribution in [0.3, 0.4) is 0 Å². The number of nitrogens with zero attached hydrogens (tertiary/aromatic N) is 1. The predicted octanol–water partition coefficient (Wildman–Crippen LogP) is 3.03. The Kier molecular flexibility index (Phi) is 6.22. The van der Waals surface area contributed by atoms with Gasteiger partial charge in [-0.2, -0.15) is 0 Å². The third kappa shape index (κ3) is 4.29. The number of aliphatic hydroxyl groups excluding tert-OH is 1. The Balaban J connectivity index is 2.19. The lowest BCUT2D eigenvalue weighted by Crippen LogP contribution is -2.43. The van der Waals surface area contributed by atoms with Gasteiger partial charge in [0.15, 0.2) is 0 Å². The molecule has 1 aromatic carbocycles. The summed E-state index contributed by atoms with van der Waals surface area (Å²) in [6.07, 6.45) is 2.87. The summed E-state index contributed by atoms with van der Waals surface area (Å²) in [5, 5.41) is 10.9. The molecule has 1 N–H and O–H groups in total. The van der Waals surface area contributed by atoms with Gasteiger partial charge in [0.05, 0.1) is 12.7 Å². The van der Waals surface area contributed by atoms with Crippen LogP contribution in [-0.4, -0.2) is 42.9 Å². The van der Waals surface area contributed by atoms with E-state index < -0.39 is 0 Å². The zero-order chi connectivity index (χ0) is 15.2. The van der Waals surface area contributed by atoms with Crippen LogP contribution in [0, 0.1) is 5.92 Å². The van der Waals surface area contributed by atoms with Crippen molar-refractivity contribution in [3.63, 3.8) is 0 Å². The van der Waals surface area contributed by atoms with E-state index in [-0.39, 0.29) is 12.1 Å². The van der Waals surface area contributed by atoms with Crippen LogP contribution in [0.1, 0.15) is 43.9 Å². The number of fused-ring (bicyclic) bond motifs is 1. The first-order chi connectivity index (χ1) is 10.1. The van der Waals surface area contributed by atoms with Gasteiger partial charge in [-0.1, -0.05) is 38.1 Å². The Morgan fingerprint density at radius 1 is 1.33 bits per heavy atom. The molecule has 0 fully saturated rings. The van der Waals surface area contributed by atoms with Crippen LogP contribution in [0.25, 0.3) is 0 Å². The number of benzene rings is 1. The molecule has 1 aliphatic carbocycles. The molecule has 0 aromatic heterocycles. The first kappa shape index (κ1) is 16.5. The highest BCUT2D eigenvalue weighted by Crippen LogP contribution is 2.32. The van der Waals surface area contributed by atoms with Gasteiger partial charge in [-0.05, 0) is 36.3 Å². The maximum atomic E-state index is 10.9. The molecule has 1 aliphatic rings. The summed E-state index contributed by atoms with van der Waals surface area (Å²) in [5.74, 6) is 0.590. The van der Waals surface area contributed by atoms with Gasteiger partial charge in [-0.15, -0.1) is 0 Å². The van der Waals surface area contributed by atoms with Gasteiger partial charge in [0.25, 0.3) is 0 Å². The second-order valence-corrected chi connectivity index (χ2v) is 6.48. The van der Waals surface area contributed by atoms with Crippen LogP contribution in [0.2, 0.25) is 0 Å². The smallest absolute Gasteiger partial charge is 0.0947 e. The van der Waals surface area contributed by atoms with E-state index in [1.54, 1.807) is 7.11 Å². The summed E-state index contributed by atoms with van der Waals surface area (Å²) < 4.78 is 5.26. The average molecular weight is 291 g/mol. The number of aryl methyl sites for hydroxylation is 1. The molecule has 0 saturated carbocycles. The monoisotopic (exact) mass is 291 g/mol. The van der Waals surface area contributed by atoms with E-state index in [1.165, 1.54) is 5.56 Å². The minimum absolute atomic E-state index is 0.200. The molecule has 0 heterocycles. The molecule has 0 aliphatic heterocycles. The molecule has 2 rings (SSSR count). The fourth-order valence-corrected chi connectivity index (χ4v) is 3.37. The highest BCUT2D eigenvalue weighted by atomic mass is 16.5. The maximum Gasteiger partial charge on any atom is 0.0947 e. The summed E-state index contributed by atoms with van der Waals surface area (Å²) in [4.78, 5) is 2.42. The minimum Gasteiger partial charge on any atom is -0.387 e. The van der Waals surface area contributed by atoms with Crippen molar-refractivity contribution >= 4 is 0 Å². The summed E-state index contributed by atoms with van der Waals surface area (Å²) in [7, 11) is 1.74. The second kappa shape index (κ2) is 7.92. The van der Waals surface area contributed by atoms with Crippen molar-refractivity contribution in [3.8, 4) is 0 Å². The predicted molar refractivity (Wildman–Crippen MR) is 86.4 cm³/mol. The Hall–Kier alpha value is -0.900. The lowest BCUT2D eigenvalue weighted by Gasteiger charge is -2.35. The summed E-state index contributed by atoms with van der Waals surface area (Å²) in [6, 6.07) is 8.55. The molecule has 0 bridgehead atoms. The van der Waals surface area contributed by atoms with Crippen LogP contribution in [0.15, 0.2) is 24.3 Å². The van der Waals surface area contributed by atoms with E-state index in [4.69, 9.17) is 4.74 Å². The Morgan fingerprint density at radius 3 is 2.81 bits per heavy atom. The minimum atomic E-state index is -0.390. The van der Waals surface area contributed by atoms with Gasteiger partial charge in [0.2, 0.25) is 0 Å². The van der Waals surface area contributed by atoms with Crippen molar-refractivity contribution in [3.05, 3.63) is 35.4 Å². The normalized spacial score (nSPS) is 22.4. The van der Waals surface area contributed by atoms with Gasteiger partial charge < -0.3 is 9.84 Å². The first-order valence-electron chi connectivity index (χ1n) is 8.12. The molecule has 3 nitrogen and oxygen atoms in total. The Morgan fingerprint density at radius 2 is 2.10 bits per heavy atom. The van der Waals surface area contributed by atoms with Crippen molar-refractivity contribution in [2.45, 2.75) is 45.3 Å². The molecule has 2 unspecified atom stereocenters. The zero-order valence-electron chi connectivity index (χ0n) is 13.6. The number of hydrogen-bond acceptors (Lipinski definition) is 3. The molecule has 0 saturated heterocycles. The van der Waals surface area contributed by atoms with Crippen molar-refractivity contribution in [2.75, 3.05) is 26.8 Å². The molecule has 118 valence electrons. The van der Waals surface area contributed by atoms with Crippen LogP contribution in [0.5, 0.6) is 0 Å². The number of rotatable bonds is 6. The summed E-state index contributed by atoms with van der Waals surface area (Å²) in [5.41, 5.74) is 2.43. The zero-order valence-corrected chi connectivity index (χ0v) is 13.6. The lowest BCUT2D eigenvalue weighted by molar-refractivity contribution is 0.0239. The molecule has 0 amide bonds. The molecule has 1 aromatic rings. The van der Waals surface area contributed by atoms with E-state index in [9.17, 15) is 5.11 Å². The second-order valence-electron chi connectivity index (χ2n) is 6.48. The van der Waals surface area contributed by atoms with E-state index in [0.29, 0.717) is 5.92 Å². The number of hydrogen-bond donors (Lipinski definition) is 1. The maximum absolute atomic E-state index is 10.9. The Labute approximate surface area is 128 Å². The molecule has 0 radical (unpaired) electrons. The summed E-state index contributed by atoms with van der Waals surface area (Å²) >= 11 is 0. The van der Waals surface area contributed by atoms with E-state index in [2.05, 4.69) is 36.9 Å². The molecule has 21 heavy (non-hydrogen) atoms. The van der Waals surface area contributed by atoms with E-state index in [1.807, 2.05) is 6.07 Å². The molecular weight excluding hydrogens is 262 g/mol. The van der Waals surface area contributed by atoms with E-state index >= 15 is 0 Å². The molecule has 0 spiro atoms. The highest BCUT2D eigenvalue weighted by molar-refractivity contribution is 5.31. The van der Waals surface area contributed by atoms with E-state index in [0.717, 1.165) is 44.5 Å². The highest BCUT2D eigenvalue weighted by Gasteiger charge is 2.30. The fourth-order valence-electron chi connectivity index (χ4n) is 3.37. The SMILES string of the molecule is COCCN(CC(C)C)C1CCCc2ccccc2C1O. The van der Waals surface area contributed by atoms with Gasteiger partial charge in [-0.3, -0.25) is 4.90 Å². The number of methoxy groups -OCH3 is 1. The van der Waals surface area contributed by atoms with Gasteiger partial charge in [-0.25, -0.2) is 0 Å². The first-order valence-corrected chi connectivity index (χ1v) is 8.12. The van der Waals surface area contributed by atoms with Crippen LogP contribution in [0.4, 0.5) is 0 Å². The third-order valence-corrected chi connectivity index (χ3v) is 4.34. The van der Waals surface area contributed by atoms with Gasteiger partial charge >= 0.3 is 0 Å². The van der Waals surface area contributed by atoms with Crippen LogP contribution in [-0.2, 0) is 11.2 Å². The molecular formula is C18H29NO2. The van der Waals surface area contributed by atoms with Crippen molar-refractivity contribution in [2.24, 2.45) is 5.92 Å².